The molecule has 0 aliphatic heterocycles. The topological polar surface area (TPSA) is 123 Å². The molecule has 0 aliphatic carbocycles. The average molecular weight is 427 g/mol. The van der Waals surface area contributed by atoms with E-state index in [1.807, 2.05) is 54.6 Å². The van der Waals surface area contributed by atoms with E-state index in [4.69, 9.17) is 10.5 Å². The third-order valence-corrected chi connectivity index (χ3v) is 4.73. The molecule has 0 saturated carbocycles. The zero-order valence-corrected chi connectivity index (χ0v) is 17.1. The number of carbonyl (C=O) groups is 2. The van der Waals surface area contributed by atoms with E-state index in [0.29, 0.717) is 17.1 Å². The number of benzene rings is 2. The van der Waals surface area contributed by atoms with Crippen LogP contribution in [0.3, 0.4) is 0 Å². The van der Waals surface area contributed by atoms with Crippen LogP contribution in [-0.2, 0) is 11.2 Å². The smallest absolute Gasteiger partial charge is 0.270 e. The van der Waals surface area contributed by atoms with Crippen LogP contribution in [0.4, 0.5) is 0 Å². The molecule has 2 aromatic heterocycles. The normalized spacial score (nSPS) is 11.5. The molecular formula is C24H21N5O3. The molecule has 0 saturated heterocycles. The predicted molar refractivity (Wildman–Crippen MR) is 119 cm³/mol. The number of pyridine rings is 1. The summed E-state index contributed by atoms with van der Waals surface area (Å²) in [5.74, 6) is 0.300. The third-order valence-electron chi connectivity index (χ3n) is 4.73. The number of primary amides is 1. The maximum absolute atomic E-state index is 12.7. The summed E-state index contributed by atoms with van der Waals surface area (Å²) < 4.78 is 5.80. The van der Waals surface area contributed by atoms with E-state index in [0.717, 1.165) is 11.3 Å². The lowest BCUT2D eigenvalue weighted by Gasteiger charge is -2.14. The second kappa shape index (κ2) is 9.57. The summed E-state index contributed by atoms with van der Waals surface area (Å²) in [6.45, 7) is 0. The number of H-pyrrole nitrogens is 1. The molecule has 8 heteroatoms. The minimum atomic E-state index is -0.898. The van der Waals surface area contributed by atoms with E-state index in [2.05, 4.69) is 20.3 Å². The van der Waals surface area contributed by atoms with Gasteiger partial charge in [-0.05, 0) is 48.5 Å². The van der Waals surface area contributed by atoms with Crippen molar-refractivity contribution in [3.63, 3.8) is 0 Å². The van der Waals surface area contributed by atoms with Crippen LogP contribution in [0, 0.1) is 0 Å². The number of nitrogens with one attached hydrogen (secondary N) is 2. The minimum Gasteiger partial charge on any atom is -0.457 e. The van der Waals surface area contributed by atoms with Crippen LogP contribution in [0.25, 0.3) is 11.3 Å². The van der Waals surface area contributed by atoms with E-state index in [-0.39, 0.29) is 12.1 Å². The molecule has 2 aromatic carbocycles. The highest BCUT2D eigenvalue weighted by atomic mass is 16.5. The number of nitrogens with zero attached hydrogens (tertiary/aromatic N) is 2. The third kappa shape index (κ3) is 5.17. The Morgan fingerprint density at radius 2 is 1.72 bits per heavy atom. The van der Waals surface area contributed by atoms with Gasteiger partial charge in [-0.3, -0.25) is 9.59 Å². The molecule has 0 fully saturated rings. The van der Waals surface area contributed by atoms with Crippen molar-refractivity contribution >= 4 is 11.8 Å². The van der Waals surface area contributed by atoms with Gasteiger partial charge in [-0.25, -0.2) is 9.97 Å². The van der Waals surface area contributed by atoms with Gasteiger partial charge in [-0.15, -0.1) is 0 Å². The van der Waals surface area contributed by atoms with Crippen LogP contribution in [0.5, 0.6) is 11.5 Å². The van der Waals surface area contributed by atoms with Gasteiger partial charge in [-0.1, -0.05) is 24.3 Å². The van der Waals surface area contributed by atoms with Crippen molar-refractivity contribution < 1.29 is 14.3 Å². The van der Waals surface area contributed by atoms with E-state index < -0.39 is 17.9 Å². The van der Waals surface area contributed by atoms with E-state index in [1.165, 1.54) is 6.33 Å². The van der Waals surface area contributed by atoms with Crippen LogP contribution < -0.4 is 15.8 Å². The molecular weight excluding hydrogens is 406 g/mol. The first-order valence-electron chi connectivity index (χ1n) is 9.97. The molecule has 32 heavy (non-hydrogen) atoms. The van der Waals surface area contributed by atoms with E-state index in [1.54, 1.807) is 24.4 Å². The minimum absolute atomic E-state index is 0.181. The summed E-state index contributed by atoms with van der Waals surface area (Å²) in [5, 5.41) is 2.64. The molecule has 0 bridgehead atoms. The van der Waals surface area contributed by atoms with Gasteiger partial charge in [0, 0.05) is 18.2 Å². The van der Waals surface area contributed by atoms with Gasteiger partial charge in [0.1, 0.15) is 23.2 Å². The Balaban J connectivity index is 1.46. The largest absolute Gasteiger partial charge is 0.457 e. The maximum atomic E-state index is 12.7. The van der Waals surface area contributed by atoms with Crippen molar-refractivity contribution in [1.29, 1.82) is 0 Å². The summed E-state index contributed by atoms with van der Waals surface area (Å²) in [6, 6.07) is 21.1. The number of para-hydroxylation sites is 1. The summed E-state index contributed by atoms with van der Waals surface area (Å²) in [6.07, 6.45) is 3.33. The second-order valence-corrected chi connectivity index (χ2v) is 7.04. The Hall–Kier alpha value is -4.46. The summed E-state index contributed by atoms with van der Waals surface area (Å²) >= 11 is 0. The molecule has 0 spiro atoms. The first-order valence-corrected chi connectivity index (χ1v) is 9.97. The van der Waals surface area contributed by atoms with Gasteiger partial charge >= 0.3 is 0 Å². The van der Waals surface area contributed by atoms with Crippen molar-refractivity contribution in [2.24, 2.45) is 5.73 Å². The molecule has 160 valence electrons. The Labute approximate surface area is 184 Å². The monoisotopic (exact) mass is 427 g/mol. The number of rotatable bonds is 8. The average Bonchev–Trinajstić information content (AvgIpc) is 3.33. The number of amides is 2. The molecule has 2 heterocycles. The number of aromatic nitrogens is 3. The zero-order valence-electron chi connectivity index (χ0n) is 17.1. The van der Waals surface area contributed by atoms with Crippen LogP contribution in [0.2, 0.25) is 0 Å². The molecule has 4 aromatic rings. The van der Waals surface area contributed by atoms with Gasteiger partial charge in [0.25, 0.3) is 5.91 Å². The Kier molecular flexibility index (Phi) is 6.22. The number of aromatic amines is 1. The SMILES string of the molecule is NC(=O)[C@H](Cc1c[nH]cn1)NC(=O)c1cccc(-c2ccc(Oc3ccccc3)cc2)n1. The Bertz CT molecular complexity index is 1190. The lowest BCUT2D eigenvalue weighted by Crippen LogP contribution is -2.46. The Morgan fingerprint density at radius 1 is 0.969 bits per heavy atom. The standard InChI is InChI=1S/C24H21N5O3/c25-23(30)22(13-17-14-26-15-27-17)29-24(31)21-8-4-7-20(28-21)16-9-11-19(12-10-16)32-18-5-2-1-3-6-18/h1-12,14-15,22H,13H2,(H2,25,30)(H,26,27)(H,29,31)/t22-/m0/s1. The predicted octanol–water partition coefficient (Wildman–Crippen LogP) is 3.09. The molecule has 0 radical (unpaired) electrons. The fraction of sp³-hybridized carbons (Fsp3) is 0.0833. The van der Waals surface area contributed by atoms with E-state index in [9.17, 15) is 9.59 Å². The van der Waals surface area contributed by atoms with Crippen LogP contribution >= 0.6 is 0 Å². The fourth-order valence-electron chi connectivity index (χ4n) is 3.11. The first kappa shape index (κ1) is 20.8. The van der Waals surface area contributed by atoms with Gasteiger partial charge in [0.15, 0.2) is 0 Å². The van der Waals surface area contributed by atoms with Crippen LogP contribution in [0.1, 0.15) is 16.2 Å². The van der Waals surface area contributed by atoms with Crippen LogP contribution in [0.15, 0.2) is 85.3 Å². The van der Waals surface area contributed by atoms with Gasteiger partial charge in [0.05, 0.1) is 17.7 Å². The van der Waals surface area contributed by atoms with E-state index >= 15 is 0 Å². The zero-order chi connectivity index (χ0) is 22.3. The Morgan fingerprint density at radius 3 is 2.41 bits per heavy atom. The van der Waals surface area contributed by atoms with Crippen molar-refractivity contribution in [2.45, 2.75) is 12.5 Å². The number of carbonyl (C=O) groups excluding carboxylic acids is 2. The number of imidazole rings is 1. The second-order valence-electron chi connectivity index (χ2n) is 7.04. The lowest BCUT2D eigenvalue weighted by atomic mass is 10.1. The fourth-order valence-corrected chi connectivity index (χ4v) is 3.11. The van der Waals surface area contributed by atoms with Crippen molar-refractivity contribution in [2.75, 3.05) is 0 Å². The molecule has 4 rings (SSSR count). The highest BCUT2D eigenvalue weighted by molar-refractivity contribution is 5.96. The molecule has 2 amide bonds. The number of nitrogens with two attached hydrogens (primary N) is 1. The van der Waals surface area contributed by atoms with Crippen molar-refractivity contribution in [1.82, 2.24) is 20.3 Å². The maximum Gasteiger partial charge on any atom is 0.270 e. The molecule has 8 nitrogen and oxygen atoms in total. The molecule has 0 unspecified atom stereocenters. The van der Waals surface area contributed by atoms with Crippen molar-refractivity contribution in [3.8, 4) is 22.8 Å². The molecule has 0 aliphatic rings. The summed E-state index contributed by atoms with van der Waals surface area (Å²) in [7, 11) is 0. The van der Waals surface area contributed by atoms with Gasteiger partial charge in [0.2, 0.25) is 5.91 Å². The molecule has 1 atom stereocenters. The number of ether oxygens (including phenoxy) is 1. The lowest BCUT2D eigenvalue weighted by molar-refractivity contribution is -0.119. The summed E-state index contributed by atoms with van der Waals surface area (Å²) in [4.78, 5) is 35.8. The van der Waals surface area contributed by atoms with Gasteiger partial charge in [-0.2, -0.15) is 0 Å². The first-order chi connectivity index (χ1) is 15.6. The van der Waals surface area contributed by atoms with Gasteiger partial charge < -0.3 is 20.8 Å². The van der Waals surface area contributed by atoms with Crippen molar-refractivity contribution in [3.05, 3.63) is 96.7 Å². The number of hydrogen-bond acceptors (Lipinski definition) is 5. The highest BCUT2D eigenvalue weighted by Crippen LogP contribution is 2.25. The summed E-state index contributed by atoms with van der Waals surface area (Å²) in [5.41, 5.74) is 7.69. The quantitative estimate of drug-likeness (QED) is 0.399. The van der Waals surface area contributed by atoms with Crippen LogP contribution in [-0.4, -0.2) is 32.8 Å². The highest BCUT2D eigenvalue weighted by Gasteiger charge is 2.21. The number of hydrogen-bond donors (Lipinski definition) is 3. The molecule has 4 N–H and O–H groups in total.